The molecule has 0 saturated carbocycles. The van der Waals surface area contributed by atoms with E-state index in [0.717, 1.165) is 24.1 Å². The number of nitrogens with one attached hydrogen (secondary N) is 2. The van der Waals surface area contributed by atoms with Crippen LogP contribution in [0.25, 0.3) is 0 Å². The molecular weight excluding hydrogens is 290 g/mol. The van der Waals surface area contributed by atoms with Crippen LogP contribution in [0.1, 0.15) is 19.3 Å². The zero-order chi connectivity index (χ0) is 12.4. The van der Waals surface area contributed by atoms with E-state index in [4.69, 9.17) is 0 Å². The van der Waals surface area contributed by atoms with Gasteiger partial charge >= 0.3 is 0 Å². The molecule has 4 heteroatoms. The van der Waals surface area contributed by atoms with Gasteiger partial charge in [-0.15, -0.1) is 0 Å². The molecule has 2 heterocycles. The van der Waals surface area contributed by atoms with Crippen LogP contribution in [0.4, 0.5) is 11.4 Å². The molecule has 18 heavy (non-hydrogen) atoms. The van der Waals surface area contributed by atoms with Crippen LogP contribution < -0.4 is 15.5 Å². The summed E-state index contributed by atoms with van der Waals surface area (Å²) in [5.74, 6) is 0. The summed E-state index contributed by atoms with van der Waals surface area (Å²) in [7, 11) is 0. The number of rotatable bonds is 2. The lowest BCUT2D eigenvalue weighted by atomic mass is 10.0. The molecule has 3 nitrogen and oxygen atoms in total. The topological polar surface area (TPSA) is 27.3 Å². The van der Waals surface area contributed by atoms with Gasteiger partial charge in [-0.3, -0.25) is 0 Å². The minimum Gasteiger partial charge on any atom is -0.382 e. The van der Waals surface area contributed by atoms with Gasteiger partial charge in [0.25, 0.3) is 0 Å². The normalized spacial score (nSPS) is 23.4. The standard InChI is InChI=1S/C14H20BrN3/c15-11-4-5-13-14(9-11)18(8-7-17-13)10-12-3-1-2-6-16-12/h4-5,9,12,16-17H,1-3,6-8,10H2. The van der Waals surface area contributed by atoms with Gasteiger partial charge in [0.05, 0.1) is 11.4 Å². The molecule has 1 saturated heterocycles. The fourth-order valence-corrected chi connectivity index (χ4v) is 3.25. The Bertz CT molecular complexity index is 416. The molecule has 2 N–H and O–H groups in total. The molecule has 1 atom stereocenters. The number of fused-ring (bicyclic) bond motifs is 1. The Morgan fingerprint density at radius 3 is 3.06 bits per heavy atom. The zero-order valence-electron chi connectivity index (χ0n) is 10.6. The van der Waals surface area contributed by atoms with Crippen molar-refractivity contribution in [1.82, 2.24) is 5.32 Å². The number of halogens is 1. The van der Waals surface area contributed by atoms with Gasteiger partial charge in [-0.2, -0.15) is 0 Å². The number of nitrogens with zero attached hydrogens (tertiary/aromatic N) is 1. The zero-order valence-corrected chi connectivity index (χ0v) is 12.2. The van der Waals surface area contributed by atoms with Gasteiger partial charge in [0.15, 0.2) is 0 Å². The predicted octanol–water partition coefficient (Wildman–Crippen LogP) is 2.82. The maximum absolute atomic E-state index is 3.64. The molecule has 0 spiro atoms. The third-order valence-electron chi connectivity index (χ3n) is 3.85. The molecule has 0 amide bonds. The minimum absolute atomic E-state index is 0.656. The summed E-state index contributed by atoms with van der Waals surface area (Å²) in [6.07, 6.45) is 4.02. The van der Waals surface area contributed by atoms with Gasteiger partial charge in [-0.05, 0) is 37.6 Å². The Kier molecular flexibility index (Phi) is 3.75. The average molecular weight is 310 g/mol. The van der Waals surface area contributed by atoms with Crippen LogP contribution in [0.3, 0.4) is 0 Å². The van der Waals surface area contributed by atoms with E-state index in [1.807, 2.05) is 0 Å². The third kappa shape index (κ3) is 2.64. The molecule has 98 valence electrons. The van der Waals surface area contributed by atoms with Crippen molar-refractivity contribution in [2.45, 2.75) is 25.3 Å². The van der Waals surface area contributed by atoms with Crippen molar-refractivity contribution in [3.05, 3.63) is 22.7 Å². The molecule has 0 bridgehead atoms. The lowest BCUT2D eigenvalue weighted by Gasteiger charge is -2.36. The lowest BCUT2D eigenvalue weighted by Crippen LogP contribution is -2.46. The molecule has 1 unspecified atom stereocenters. The lowest BCUT2D eigenvalue weighted by molar-refractivity contribution is 0.399. The van der Waals surface area contributed by atoms with Crippen LogP contribution in [-0.4, -0.2) is 32.2 Å². The second kappa shape index (κ2) is 5.49. The minimum atomic E-state index is 0.656. The molecule has 0 radical (unpaired) electrons. The highest BCUT2D eigenvalue weighted by atomic mass is 79.9. The largest absolute Gasteiger partial charge is 0.382 e. The second-order valence-corrected chi connectivity index (χ2v) is 6.10. The number of hydrogen-bond donors (Lipinski definition) is 2. The van der Waals surface area contributed by atoms with E-state index in [1.165, 1.54) is 37.2 Å². The first-order chi connectivity index (χ1) is 8.83. The Morgan fingerprint density at radius 1 is 1.28 bits per heavy atom. The van der Waals surface area contributed by atoms with Crippen LogP contribution in [-0.2, 0) is 0 Å². The predicted molar refractivity (Wildman–Crippen MR) is 80.5 cm³/mol. The quantitative estimate of drug-likeness (QED) is 0.879. The van der Waals surface area contributed by atoms with Crippen LogP contribution >= 0.6 is 15.9 Å². The fraction of sp³-hybridized carbons (Fsp3) is 0.571. The first-order valence-corrected chi connectivity index (χ1v) is 7.64. The maximum Gasteiger partial charge on any atom is 0.0614 e. The van der Waals surface area contributed by atoms with Gasteiger partial charge in [0.1, 0.15) is 0 Å². The van der Waals surface area contributed by atoms with Gasteiger partial charge in [0, 0.05) is 30.1 Å². The molecule has 2 aliphatic heterocycles. The highest BCUT2D eigenvalue weighted by Gasteiger charge is 2.21. The summed E-state index contributed by atoms with van der Waals surface area (Å²) in [5, 5.41) is 7.11. The van der Waals surface area contributed by atoms with E-state index in [9.17, 15) is 0 Å². The van der Waals surface area contributed by atoms with Crippen LogP contribution in [0.15, 0.2) is 22.7 Å². The van der Waals surface area contributed by atoms with E-state index >= 15 is 0 Å². The van der Waals surface area contributed by atoms with E-state index in [-0.39, 0.29) is 0 Å². The van der Waals surface area contributed by atoms with Crippen LogP contribution in [0.2, 0.25) is 0 Å². The number of anilines is 2. The Labute approximate surface area is 117 Å². The summed E-state index contributed by atoms with van der Waals surface area (Å²) >= 11 is 3.57. The number of hydrogen-bond acceptors (Lipinski definition) is 3. The van der Waals surface area contributed by atoms with Gasteiger partial charge in [-0.1, -0.05) is 22.4 Å². The fourth-order valence-electron chi connectivity index (χ4n) is 2.90. The summed E-state index contributed by atoms with van der Waals surface area (Å²) in [6.45, 7) is 4.45. The monoisotopic (exact) mass is 309 g/mol. The van der Waals surface area contributed by atoms with Crippen molar-refractivity contribution >= 4 is 27.3 Å². The molecule has 0 aromatic heterocycles. The van der Waals surface area contributed by atoms with Crippen molar-refractivity contribution < 1.29 is 0 Å². The van der Waals surface area contributed by atoms with Crippen molar-refractivity contribution in [3.8, 4) is 0 Å². The number of piperidine rings is 1. The highest BCUT2D eigenvalue weighted by Crippen LogP contribution is 2.32. The summed E-state index contributed by atoms with van der Waals surface area (Å²) in [6, 6.07) is 7.15. The van der Waals surface area contributed by atoms with Crippen molar-refractivity contribution in [1.29, 1.82) is 0 Å². The first kappa shape index (κ1) is 12.3. The number of benzene rings is 1. The average Bonchev–Trinajstić information content (AvgIpc) is 2.41. The molecule has 2 aliphatic rings. The Morgan fingerprint density at radius 2 is 2.22 bits per heavy atom. The van der Waals surface area contributed by atoms with Crippen LogP contribution in [0.5, 0.6) is 0 Å². The summed E-state index contributed by atoms with van der Waals surface area (Å²) in [5.41, 5.74) is 2.60. The van der Waals surface area contributed by atoms with Crippen molar-refractivity contribution in [2.75, 3.05) is 36.4 Å². The van der Waals surface area contributed by atoms with E-state index < -0.39 is 0 Å². The van der Waals surface area contributed by atoms with Crippen molar-refractivity contribution in [3.63, 3.8) is 0 Å². The SMILES string of the molecule is Brc1ccc2c(c1)N(CC1CCCCN1)CCN2. The Balaban J connectivity index is 1.75. The summed E-state index contributed by atoms with van der Waals surface area (Å²) < 4.78 is 1.16. The maximum atomic E-state index is 3.64. The van der Waals surface area contributed by atoms with E-state index in [2.05, 4.69) is 49.7 Å². The van der Waals surface area contributed by atoms with Gasteiger partial charge in [0.2, 0.25) is 0 Å². The molecule has 0 aliphatic carbocycles. The van der Waals surface area contributed by atoms with Gasteiger partial charge in [-0.25, -0.2) is 0 Å². The molecule has 1 aromatic carbocycles. The molecule has 3 rings (SSSR count). The second-order valence-electron chi connectivity index (χ2n) is 5.18. The molecular formula is C14H20BrN3. The highest BCUT2D eigenvalue weighted by molar-refractivity contribution is 9.10. The van der Waals surface area contributed by atoms with Gasteiger partial charge < -0.3 is 15.5 Å². The molecule has 1 fully saturated rings. The van der Waals surface area contributed by atoms with E-state index in [1.54, 1.807) is 0 Å². The van der Waals surface area contributed by atoms with E-state index in [0.29, 0.717) is 6.04 Å². The van der Waals surface area contributed by atoms with Crippen LogP contribution in [0, 0.1) is 0 Å². The molecule has 1 aromatic rings. The summed E-state index contributed by atoms with van der Waals surface area (Å²) in [4.78, 5) is 2.51. The first-order valence-electron chi connectivity index (χ1n) is 6.85. The Hall–Kier alpha value is -0.740. The third-order valence-corrected chi connectivity index (χ3v) is 4.34. The smallest absolute Gasteiger partial charge is 0.0614 e. The van der Waals surface area contributed by atoms with Crippen molar-refractivity contribution in [2.24, 2.45) is 0 Å².